The fraction of sp³-hybridized carbons (Fsp3) is 0.227. The fourth-order valence-electron chi connectivity index (χ4n) is 3.41. The molecule has 1 aliphatic rings. The van der Waals surface area contributed by atoms with Gasteiger partial charge in [-0.15, -0.1) is 0 Å². The molecule has 3 aromatic rings. The predicted molar refractivity (Wildman–Crippen MR) is 113 cm³/mol. The van der Waals surface area contributed by atoms with Crippen LogP contribution < -0.4 is 10.0 Å². The maximum Gasteiger partial charge on any atom is 0.255 e. The zero-order chi connectivity index (χ0) is 20.3. The summed E-state index contributed by atoms with van der Waals surface area (Å²) in [6, 6.07) is 19.4. The van der Waals surface area contributed by atoms with Crippen LogP contribution in [0.3, 0.4) is 0 Å². The summed E-state index contributed by atoms with van der Waals surface area (Å²) < 4.78 is 32.9. The standard InChI is InChI=1S/C22H22N2O4S/c25-22(24-21-9-3-6-16-5-1-2-8-20(16)21)17-10-12-19(13-11-17)29(26,27)23-15-18-7-4-14-28-18/h1-3,5-6,8-13,18,23H,4,7,14-15H2,(H,24,25). The molecule has 3 aromatic carbocycles. The lowest BCUT2D eigenvalue weighted by Crippen LogP contribution is -2.31. The lowest BCUT2D eigenvalue weighted by Gasteiger charge is -2.12. The number of hydrogen-bond donors (Lipinski definition) is 2. The second kappa shape index (κ2) is 8.32. The maximum atomic E-state index is 12.6. The van der Waals surface area contributed by atoms with Crippen molar-refractivity contribution in [2.24, 2.45) is 0 Å². The number of fused-ring (bicyclic) bond motifs is 1. The minimum atomic E-state index is -3.64. The molecule has 29 heavy (non-hydrogen) atoms. The first-order valence-corrected chi connectivity index (χ1v) is 11.0. The van der Waals surface area contributed by atoms with E-state index in [0.29, 0.717) is 17.9 Å². The van der Waals surface area contributed by atoms with E-state index in [-0.39, 0.29) is 23.5 Å². The minimum Gasteiger partial charge on any atom is -0.377 e. The van der Waals surface area contributed by atoms with Gasteiger partial charge in [-0.25, -0.2) is 13.1 Å². The van der Waals surface area contributed by atoms with E-state index in [0.717, 1.165) is 23.6 Å². The molecule has 0 spiro atoms. The van der Waals surface area contributed by atoms with Crippen LogP contribution in [0.2, 0.25) is 0 Å². The monoisotopic (exact) mass is 410 g/mol. The van der Waals surface area contributed by atoms with Crippen LogP contribution in [0.15, 0.2) is 71.6 Å². The number of carbonyl (C=O) groups excluding carboxylic acids is 1. The Kier molecular flexibility index (Phi) is 5.62. The molecule has 1 saturated heterocycles. The number of anilines is 1. The summed E-state index contributed by atoms with van der Waals surface area (Å²) in [5.41, 5.74) is 1.10. The minimum absolute atomic E-state index is 0.0736. The van der Waals surface area contributed by atoms with Gasteiger partial charge in [0.2, 0.25) is 10.0 Å². The molecule has 4 rings (SSSR count). The highest BCUT2D eigenvalue weighted by Gasteiger charge is 2.20. The van der Waals surface area contributed by atoms with Gasteiger partial charge in [-0.2, -0.15) is 0 Å². The fourth-order valence-corrected chi connectivity index (χ4v) is 4.47. The SMILES string of the molecule is O=C(Nc1cccc2ccccc12)c1ccc(S(=O)(=O)NCC2CCCO2)cc1. The Morgan fingerprint density at radius 3 is 2.52 bits per heavy atom. The lowest BCUT2D eigenvalue weighted by atomic mass is 10.1. The first-order valence-electron chi connectivity index (χ1n) is 9.53. The van der Waals surface area contributed by atoms with Crippen molar-refractivity contribution >= 4 is 32.4 Å². The van der Waals surface area contributed by atoms with Crippen LogP contribution in [-0.2, 0) is 14.8 Å². The quantitative estimate of drug-likeness (QED) is 0.651. The largest absolute Gasteiger partial charge is 0.377 e. The van der Waals surface area contributed by atoms with E-state index in [1.165, 1.54) is 24.3 Å². The Labute approximate surface area is 169 Å². The molecule has 1 heterocycles. The van der Waals surface area contributed by atoms with Gasteiger partial charge in [0.25, 0.3) is 5.91 Å². The highest BCUT2D eigenvalue weighted by molar-refractivity contribution is 7.89. The number of ether oxygens (including phenoxy) is 1. The summed E-state index contributed by atoms with van der Waals surface area (Å²) >= 11 is 0. The molecular formula is C22H22N2O4S. The summed E-state index contributed by atoms with van der Waals surface area (Å²) in [6.07, 6.45) is 1.73. The molecule has 0 bridgehead atoms. The molecule has 1 aliphatic heterocycles. The Morgan fingerprint density at radius 1 is 1.00 bits per heavy atom. The first-order chi connectivity index (χ1) is 14.0. The van der Waals surface area contributed by atoms with Crippen molar-refractivity contribution < 1.29 is 17.9 Å². The third-order valence-electron chi connectivity index (χ3n) is 4.99. The van der Waals surface area contributed by atoms with E-state index in [1.807, 2.05) is 42.5 Å². The molecular weight excluding hydrogens is 388 g/mol. The smallest absolute Gasteiger partial charge is 0.255 e. The van der Waals surface area contributed by atoms with E-state index in [2.05, 4.69) is 10.0 Å². The average molecular weight is 410 g/mol. The van der Waals surface area contributed by atoms with Gasteiger partial charge in [0.15, 0.2) is 0 Å². The van der Waals surface area contributed by atoms with Gasteiger partial charge in [-0.05, 0) is 48.6 Å². The molecule has 150 valence electrons. The highest BCUT2D eigenvalue weighted by Crippen LogP contribution is 2.23. The van der Waals surface area contributed by atoms with Gasteiger partial charge in [0.05, 0.1) is 11.0 Å². The Bertz CT molecular complexity index is 1120. The van der Waals surface area contributed by atoms with Crippen molar-refractivity contribution in [1.29, 1.82) is 0 Å². The van der Waals surface area contributed by atoms with Crippen molar-refractivity contribution in [1.82, 2.24) is 4.72 Å². The summed E-state index contributed by atoms with van der Waals surface area (Å²) in [7, 11) is -3.64. The molecule has 0 aromatic heterocycles. The maximum absolute atomic E-state index is 12.6. The summed E-state index contributed by atoms with van der Waals surface area (Å²) in [6.45, 7) is 0.929. The molecule has 2 N–H and O–H groups in total. The van der Waals surface area contributed by atoms with Gasteiger partial charge >= 0.3 is 0 Å². The lowest BCUT2D eigenvalue weighted by molar-refractivity contribution is 0.102. The van der Waals surface area contributed by atoms with Crippen LogP contribution in [0.25, 0.3) is 10.8 Å². The van der Waals surface area contributed by atoms with Crippen LogP contribution >= 0.6 is 0 Å². The molecule has 0 saturated carbocycles. The van der Waals surface area contributed by atoms with Crippen molar-refractivity contribution in [3.8, 4) is 0 Å². The van der Waals surface area contributed by atoms with Crippen LogP contribution in [0.5, 0.6) is 0 Å². The number of nitrogens with one attached hydrogen (secondary N) is 2. The number of benzene rings is 3. The normalized spacial score (nSPS) is 16.8. The molecule has 7 heteroatoms. The van der Waals surface area contributed by atoms with Crippen LogP contribution in [-0.4, -0.2) is 33.6 Å². The number of rotatable bonds is 6. The van der Waals surface area contributed by atoms with E-state index in [4.69, 9.17) is 4.74 Å². The molecule has 0 radical (unpaired) electrons. The molecule has 1 amide bonds. The van der Waals surface area contributed by atoms with Crippen LogP contribution in [0.1, 0.15) is 23.2 Å². The van der Waals surface area contributed by atoms with Gasteiger partial charge in [-0.3, -0.25) is 4.79 Å². The van der Waals surface area contributed by atoms with Gasteiger partial charge in [0.1, 0.15) is 0 Å². The van der Waals surface area contributed by atoms with Crippen LogP contribution in [0, 0.1) is 0 Å². The number of amides is 1. The zero-order valence-corrected chi connectivity index (χ0v) is 16.6. The van der Waals surface area contributed by atoms with Gasteiger partial charge < -0.3 is 10.1 Å². The number of carbonyl (C=O) groups is 1. The van der Waals surface area contributed by atoms with Crippen molar-refractivity contribution in [2.75, 3.05) is 18.5 Å². The Hall–Kier alpha value is -2.74. The summed E-state index contributed by atoms with van der Waals surface area (Å²) in [5, 5.41) is 4.88. The summed E-state index contributed by atoms with van der Waals surface area (Å²) in [5.74, 6) is -0.294. The molecule has 0 aliphatic carbocycles. The van der Waals surface area contributed by atoms with Crippen molar-refractivity contribution in [3.05, 3.63) is 72.3 Å². The predicted octanol–water partition coefficient (Wildman–Crippen LogP) is 3.55. The van der Waals surface area contributed by atoms with Gasteiger partial charge in [-0.1, -0.05) is 36.4 Å². The highest BCUT2D eigenvalue weighted by atomic mass is 32.2. The Morgan fingerprint density at radius 2 is 1.76 bits per heavy atom. The van der Waals surface area contributed by atoms with Crippen molar-refractivity contribution in [2.45, 2.75) is 23.8 Å². The van der Waals surface area contributed by atoms with Crippen molar-refractivity contribution in [3.63, 3.8) is 0 Å². The zero-order valence-electron chi connectivity index (χ0n) is 15.8. The number of hydrogen-bond acceptors (Lipinski definition) is 4. The summed E-state index contributed by atoms with van der Waals surface area (Å²) in [4.78, 5) is 12.7. The third-order valence-corrected chi connectivity index (χ3v) is 6.43. The first kappa shape index (κ1) is 19.6. The average Bonchev–Trinajstić information content (AvgIpc) is 3.26. The second-order valence-corrected chi connectivity index (χ2v) is 8.76. The van der Waals surface area contributed by atoms with E-state index < -0.39 is 10.0 Å². The second-order valence-electron chi connectivity index (χ2n) is 6.99. The number of sulfonamides is 1. The van der Waals surface area contributed by atoms with Gasteiger partial charge in [0, 0.05) is 29.8 Å². The molecule has 1 unspecified atom stereocenters. The topological polar surface area (TPSA) is 84.5 Å². The molecule has 1 fully saturated rings. The Balaban J connectivity index is 1.46. The van der Waals surface area contributed by atoms with E-state index in [9.17, 15) is 13.2 Å². The third kappa shape index (κ3) is 4.48. The molecule has 1 atom stereocenters. The molecule has 6 nitrogen and oxygen atoms in total. The van der Waals surface area contributed by atoms with E-state index >= 15 is 0 Å². The van der Waals surface area contributed by atoms with E-state index in [1.54, 1.807) is 0 Å². The van der Waals surface area contributed by atoms with Crippen LogP contribution in [0.4, 0.5) is 5.69 Å².